The van der Waals surface area contributed by atoms with Crippen molar-refractivity contribution in [2.24, 2.45) is 0 Å². The van der Waals surface area contributed by atoms with E-state index in [4.69, 9.17) is 4.74 Å². The van der Waals surface area contributed by atoms with Crippen LogP contribution in [-0.4, -0.2) is 12.2 Å². The first-order valence-electron chi connectivity index (χ1n) is 6.61. The van der Waals surface area contributed by atoms with Gasteiger partial charge in [0.15, 0.2) is 0 Å². The van der Waals surface area contributed by atoms with Gasteiger partial charge >= 0.3 is 0 Å². The minimum absolute atomic E-state index is 0.297. The minimum Gasteiger partial charge on any atom is -0.371 e. The van der Waals surface area contributed by atoms with Crippen LogP contribution in [0.1, 0.15) is 38.7 Å². The molecule has 1 nitrogen and oxygen atoms in total. The van der Waals surface area contributed by atoms with Crippen molar-refractivity contribution in [1.82, 2.24) is 0 Å². The zero-order valence-corrected chi connectivity index (χ0v) is 10.9. The Labute approximate surface area is 104 Å². The molecule has 0 saturated carbocycles. The van der Waals surface area contributed by atoms with Gasteiger partial charge < -0.3 is 4.74 Å². The van der Waals surface area contributed by atoms with E-state index >= 15 is 0 Å². The second-order valence-corrected chi connectivity index (χ2v) is 5.06. The Morgan fingerprint density at radius 2 is 2.00 bits per heavy atom. The summed E-state index contributed by atoms with van der Waals surface area (Å²) in [5.41, 5.74) is 2.91. The standard InChI is InChI=1S/C16H22O/c1-13-11-14(2)17-16(12-13)10-6-9-15-7-4-3-5-8-15/h3-5,7-8,11,14,16H,6,9-10,12H2,1-2H3. The van der Waals surface area contributed by atoms with Gasteiger partial charge in [-0.3, -0.25) is 0 Å². The molecule has 1 aromatic carbocycles. The molecule has 0 aliphatic carbocycles. The van der Waals surface area contributed by atoms with E-state index in [0.29, 0.717) is 12.2 Å². The van der Waals surface area contributed by atoms with Crippen LogP contribution in [0, 0.1) is 0 Å². The van der Waals surface area contributed by atoms with Crippen molar-refractivity contribution in [3.63, 3.8) is 0 Å². The second kappa shape index (κ2) is 6.02. The number of hydrogen-bond donors (Lipinski definition) is 0. The highest BCUT2D eigenvalue weighted by Gasteiger charge is 2.17. The lowest BCUT2D eigenvalue weighted by atomic mass is 9.99. The zero-order valence-electron chi connectivity index (χ0n) is 10.9. The van der Waals surface area contributed by atoms with Gasteiger partial charge in [-0.2, -0.15) is 0 Å². The van der Waals surface area contributed by atoms with Gasteiger partial charge in [0.2, 0.25) is 0 Å². The normalized spacial score (nSPS) is 24.5. The third-order valence-electron chi connectivity index (χ3n) is 3.31. The van der Waals surface area contributed by atoms with Crippen LogP contribution in [0.2, 0.25) is 0 Å². The van der Waals surface area contributed by atoms with Gasteiger partial charge in [-0.25, -0.2) is 0 Å². The van der Waals surface area contributed by atoms with E-state index in [1.54, 1.807) is 0 Å². The molecule has 2 unspecified atom stereocenters. The molecule has 2 rings (SSSR count). The fourth-order valence-electron chi connectivity index (χ4n) is 2.57. The van der Waals surface area contributed by atoms with Crippen LogP contribution in [0.4, 0.5) is 0 Å². The molecule has 0 radical (unpaired) electrons. The Bertz CT molecular complexity index is 366. The van der Waals surface area contributed by atoms with E-state index in [0.717, 1.165) is 12.8 Å². The fourth-order valence-corrected chi connectivity index (χ4v) is 2.57. The summed E-state index contributed by atoms with van der Waals surface area (Å²) in [7, 11) is 0. The summed E-state index contributed by atoms with van der Waals surface area (Å²) in [6.45, 7) is 4.34. The Kier molecular flexibility index (Phi) is 4.38. The summed E-state index contributed by atoms with van der Waals surface area (Å²) in [4.78, 5) is 0. The van der Waals surface area contributed by atoms with E-state index in [2.05, 4.69) is 50.3 Å². The van der Waals surface area contributed by atoms with Crippen molar-refractivity contribution in [3.8, 4) is 0 Å². The summed E-state index contributed by atoms with van der Waals surface area (Å²) in [5, 5.41) is 0. The molecule has 17 heavy (non-hydrogen) atoms. The largest absolute Gasteiger partial charge is 0.371 e. The molecule has 1 aliphatic rings. The molecular weight excluding hydrogens is 208 g/mol. The van der Waals surface area contributed by atoms with Crippen molar-refractivity contribution >= 4 is 0 Å². The van der Waals surface area contributed by atoms with E-state index in [1.807, 2.05) is 0 Å². The average molecular weight is 230 g/mol. The van der Waals surface area contributed by atoms with Crippen LogP contribution < -0.4 is 0 Å². The van der Waals surface area contributed by atoms with E-state index in [9.17, 15) is 0 Å². The molecule has 0 amide bonds. The minimum atomic E-state index is 0.297. The first kappa shape index (κ1) is 12.4. The lowest BCUT2D eigenvalue weighted by Gasteiger charge is -2.26. The van der Waals surface area contributed by atoms with Crippen molar-refractivity contribution in [3.05, 3.63) is 47.5 Å². The Morgan fingerprint density at radius 1 is 1.24 bits per heavy atom. The van der Waals surface area contributed by atoms with Crippen molar-refractivity contribution in [2.75, 3.05) is 0 Å². The van der Waals surface area contributed by atoms with Crippen LogP contribution in [0.5, 0.6) is 0 Å². The average Bonchev–Trinajstić information content (AvgIpc) is 2.29. The molecule has 0 fully saturated rings. The zero-order chi connectivity index (χ0) is 12.1. The van der Waals surface area contributed by atoms with E-state index in [1.165, 1.54) is 24.0 Å². The smallest absolute Gasteiger partial charge is 0.0734 e. The third-order valence-corrected chi connectivity index (χ3v) is 3.31. The van der Waals surface area contributed by atoms with Crippen LogP contribution >= 0.6 is 0 Å². The highest BCUT2D eigenvalue weighted by Crippen LogP contribution is 2.22. The van der Waals surface area contributed by atoms with Crippen molar-refractivity contribution in [1.29, 1.82) is 0 Å². The molecule has 0 N–H and O–H groups in total. The molecule has 2 atom stereocenters. The van der Waals surface area contributed by atoms with Crippen molar-refractivity contribution < 1.29 is 4.74 Å². The maximum Gasteiger partial charge on any atom is 0.0734 e. The lowest BCUT2D eigenvalue weighted by Crippen LogP contribution is -2.23. The number of ether oxygens (including phenoxy) is 1. The predicted octanol–water partition coefficient (Wildman–Crippen LogP) is 4.13. The first-order chi connectivity index (χ1) is 8.24. The van der Waals surface area contributed by atoms with Crippen LogP contribution in [0.25, 0.3) is 0 Å². The SMILES string of the molecule is CC1=CC(C)OC(CCCc2ccccc2)C1. The number of aryl methyl sites for hydroxylation is 1. The van der Waals surface area contributed by atoms with E-state index in [-0.39, 0.29) is 0 Å². The van der Waals surface area contributed by atoms with Gasteiger partial charge in [0.1, 0.15) is 0 Å². The quantitative estimate of drug-likeness (QED) is 0.707. The number of hydrogen-bond acceptors (Lipinski definition) is 1. The van der Waals surface area contributed by atoms with E-state index < -0.39 is 0 Å². The summed E-state index contributed by atoms with van der Waals surface area (Å²) >= 11 is 0. The first-order valence-corrected chi connectivity index (χ1v) is 6.61. The molecule has 1 aromatic rings. The Morgan fingerprint density at radius 3 is 2.71 bits per heavy atom. The van der Waals surface area contributed by atoms with Crippen molar-refractivity contribution in [2.45, 2.75) is 51.7 Å². The van der Waals surface area contributed by atoms with Gasteiger partial charge in [0.05, 0.1) is 12.2 Å². The molecule has 0 bridgehead atoms. The summed E-state index contributed by atoms with van der Waals surface area (Å²) in [6, 6.07) is 10.7. The van der Waals surface area contributed by atoms with Crippen LogP contribution in [-0.2, 0) is 11.2 Å². The molecule has 0 aromatic heterocycles. The molecule has 0 saturated heterocycles. The molecule has 0 spiro atoms. The van der Waals surface area contributed by atoms with Gasteiger partial charge in [-0.1, -0.05) is 42.0 Å². The molecule has 1 heterocycles. The van der Waals surface area contributed by atoms with Gasteiger partial charge in [0.25, 0.3) is 0 Å². The second-order valence-electron chi connectivity index (χ2n) is 5.06. The maximum absolute atomic E-state index is 5.92. The summed E-state index contributed by atoms with van der Waals surface area (Å²) in [5.74, 6) is 0. The van der Waals surface area contributed by atoms with Crippen LogP contribution in [0.15, 0.2) is 42.0 Å². The number of benzene rings is 1. The summed E-state index contributed by atoms with van der Waals surface area (Å²) in [6.07, 6.45) is 7.62. The maximum atomic E-state index is 5.92. The van der Waals surface area contributed by atoms with Crippen LogP contribution in [0.3, 0.4) is 0 Å². The fraction of sp³-hybridized carbons (Fsp3) is 0.500. The molecule has 1 heteroatoms. The van der Waals surface area contributed by atoms with Gasteiger partial charge in [-0.05, 0) is 45.1 Å². The Balaban J connectivity index is 1.74. The number of rotatable bonds is 4. The third kappa shape index (κ3) is 4.01. The highest BCUT2D eigenvalue weighted by molar-refractivity contribution is 5.14. The molecular formula is C16H22O. The summed E-state index contributed by atoms with van der Waals surface area (Å²) < 4.78 is 5.92. The molecule has 92 valence electrons. The van der Waals surface area contributed by atoms with Gasteiger partial charge in [-0.15, -0.1) is 0 Å². The molecule has 1 aliphatic heterocycles. The predicted molar refractivity (Wildman–Crippen MR) is 72.1 cm³/mol. The highest BCUT2D eigenvalue weighted by atomic mass is 16.5. The lowest BCUT2D eigenvalue weighted by molar-refractivity contribution is 0.00695. The monoisotopic (exact) mass is 230 g/mol. The topological polar surface area (TPSA) is 9.23 Å². The Hall–Kier alpha value is -1.08. The van der Waals surface area contributed by atoms with Gasteiger partial charge in [0, 0.05) is 0 Å².